The third kappa shape index (κ3) is 21.4. The summed E-state index contributed by atoms with van der Waals surface area (Å²) >= 11 is 0. The third-order valence-electron chi connectivity index (χ3n) is 22.0. The van der Waals surface area contributed by atoms with Crippen molar-refractivity contribution < 1.29 is 89.8 Å². The molecule has 0 amide bonds. The van der Waals surface area contributed by atoms with E-state index in [0.29, 0.717) is 22.7 Å². The highest BCUT2D eigenvalue weighted by molar-refractivity contribution is 5.72. The average molecular weight is 1320 g/mol. The Morgan fingerprint density at radius 2 is 1.26 bits per heavy atom. The van der Waals surface area contributed by atoms with Crippen molar-refractivity contribution in [1.29, 1.82) is 0 Å². The molecule has 19 nitrogen and oxygen atoms in total. The predicted octanol–water partition coefficient (Wildman–Crippen LogP) is 8.04. The molecule has 4 aliphatic carbocycles. The molecule has 3 aliphatic heterocycles. The van der Waals surface area contributed by atoms with Gasteiger partial charge < -0.3 is 86.0 Å². The van der Waals surface area contributed by atoms with Crippen molar-refractivity contribution in [2.45, 2.75) is 269 Å². The van der Waals surface area contributed by atoms with E-state index in [9.17, 15) is 70.9 Å². The zero-order valence-corrected chi connectivity index (χ0v) is 57.3. The van der Waals surface area contributed by atoms with Crippen LogP contribution < -0.4 is 5.73 Å². The minimum atomic E-state index is -2.33. The molecule has 2 bridgehead atoms. The Balaban J connectivity index is 0.000000396. The molecule has 0 aromatic rings. The maximum absolute atomic E-state index is 12.6. The maximum atomic E-state index is 12.6. The highest BCUT2D eigenvalue weighted by Gasteiger charge is 2.57. The first-order valence-corrected chi connectivity index (χ1v) is 34.8. The molecule has 0 spiro atoms. The smallest absolute Gasteiger partial charge is 0.311 e. The first-order chi connectivity index (χ1) is 44.3. The molecule has 19 heteroatoms. The summed E-state index contributed by atoms with van der Waals surface area (Å²) in [6, 6.07) is -1.15. The van der Waals surface area contributed by atoms with Gasteiger partial charge in [-0.1, -0.05) is 176 Å². The number of hydrogen-bond acceptors (Lipinski definition) is 18. The van der Waals surface area contributed by atoms with Crippen LogP contribution in [0.25, 0.3) is 0 Å². The number of carbonyl (C=O) groups excluding carboxylic acids is 1. The fourth-order valence-corrected chi connectivity index (χ4v) is 15.6. The third-order valence-corrected chi connectivity index (χ3v) is 22.0. The van der Waals surface area contributed by atoms with E-state index < -0.39 is 147 Å². The Bertz CT molecular complexity index is 2720. The summed E-state index contributed by atoms with van der Waals surface area (Å²) in [4.78, 5) is 25.1. The molecule has 7 aliphatic rings. The van der Waals surface area contributed by atoms with E-state index in [0.717, 1.165) is 36.5 Å². The van der Waals surface area contributed by atoms with E-state index in [2.05, 4.69) is 65.8 Å². The van der Waals surface area contributed by atoms with E-state index >= 15 is 0 Å². The Morgan fingerprint density at radius 3 is 1.88 bits per heavy atom. The molecule has 5 fully saturated rings. The number of hydrogen-bond donors (Lipinski definition) is 13. The lowest BCUT2D eigenvalue weighted by Crippen LogP contribution is -2.61. The topological polar surface area (TPSA) is 340 Å². The summed E-state index contributed by atoms with van der Waals surface area (Å²) in [5.41, 5.74) is 10.1. The van der Waals surface area contributed by atoms with Crippen LogP contribution in [0.4, 0.5) is 0 Å². The number of aliphatic carboxylic acids is 1. The molecule has 14 N–H and O–H groups in total. The van der Waals surface area contributed by atoms with Gasteiger partial charge in [0.15, 0.2) is 12.1 Å². The second kappa shape index (κ2) is 36.0. The zero-order chi connectivity index (χ0) is 69.4. The monoisotopic (exact) mass is 1320 g/mol. The SMILES string of the molecule is CC(C)[C@@H](C)/C=C/[C@@H](C)[C@H]1CC[C@H]2C3=CC=C4C[C@@H](O)CC[C@]4(C)[C@H]3CC[C@]12C.C[C@@H]1[C@H](O)[C@@H](C)/C=C/C=C/C=C/C=C/C=C/C=C/C=C/[C@H](O[C@@H]2O[C@H](C)[C@@H](O)[C@H](N)[C@@H]2O)C[C@@H]2O[C@](O)(C[C@@H](O)C[C@@H](O)[C@H](O)CC[C@@H](O)C[C@@H](O)CC(=O)O[C@H]1C)C[C@H](O)[C@H]2C(=O)O. The minimum Gasteiger partial charge on any atom is -0.481 e. The van der Waals surface area contributed by atoms with Crippen molar-refractivity contribution >= 4 is 11.9 Å². The Morgan fingerprint density at radius 1 is 0.628 bits per heavy atom. The van der Waals surface area contributed by atoms with Gasteiger partial charge in [0.2, 0.25) is 0 Å². The molecular weight excluding hydrogens is 1200 g/mol. The molecular formula is C75H117NO18. The van der Waals surface area contributed by atoms with Gasteiger partial charge in [0.1, 0.15) is 18.1 Å². The maximum Gasteiger partial charge on any atom is 0.311 e. The number of aliphatic hydroxyl groups excluding tert-OH is 10. The van der Waals surface area contributed by atoms with Crippen molar-refractivity contribution in [3.8, 4) is 0 Å². The van der Waals surface area contributed by atoms with Gasteiger partial charge in [-0.05, 0) is 124 Å². The van der Waals surface area contributed by atoms with Gasteiger partial charge in [0.25, 0.3) is 0 Å². The van der Waals surface area contributed by atoms with Crippen LogP contribution in [0, 0.1) is 64.1 Å². The van der Waals surface area contributed by atoms with E-state index in [-0.39, 0.29) is 37.7 Å². The summed E-state index contributed by atoms with van der Waals surface area (Å²) in [6.07, 6.45) is 21.8. The molecule has 0 unspecified atom stereocenters. The minimum absolute atomic E-state index is 0.107. The number of cyclic esters (lactones) is 1. The van der Waals surface area contributed by atoms with Crippen molar-refractivity contribution in [2.24, 2.45) is 69.8 Å². The van der Waals surface area contributed by atoms with Gasteiger partial charge in [-0.3, -0.25) is 9.59 Å². The Hall–Kier alpha value is -4.26. The number of carboxylic acids is 1. The molecule has 2 saturated heterocycles. The number of ether oxygens (including phenoxy) is 4. The van der Waals surface area contributed by atoms with Crippen LogP contribution in [0.3, 0.4) is 0 Å². The van der Waals surface area contributed by atoms with Gasteiger partial charge in [-0.25, -0.2) is 0 Å². The van der Waals surface area contributed by atoms with Gasteiger partial charge in [0.05, 0.1) is 85.7 Å². The number of fused-ring (bicyclic) bond motifs is 7. The molecule has 94 heavy (non-hydrogen) atoms. The van der Waals surface area contributed by atoms with Gasteiger partial charge in [-0.15, -0.1) is 0 Å². The number of esters is 1. The van der Waals surface area contributed by atoms with Crippen LogP contribution in [0.5, 0.6) is 0 Å². The van der Waals surface area contributed by atoms with E-state index in [1.54, 1.807) is 86.3 Å². The van der Waals surface area contributed by atoms with Crippen molar-refractivity contribution in [1.82, 2.24) is 0 Å². The number of nitrogens with two attached hydrogens (primary N) is 1. The summed E-state index contributed by atoms with van der Waals surface area (Å²) in [5, 5.41) is 128. The van der Waals surface area contributed by atoms with Gasteiger partial charge in [0, 0.05) is 37.5 Å². The van der Waals surface area contributed by atoms with Crippen LogP contribution in [0.1, 0.15) is 166 Å². The van der Waals surface area contributed by atoms with Crippen LogP contribution in [-0.2, 0) is 28.5 Å². The lowest BCUT2D eigenvalue weighted by atomic mass is 9.50. The van der Waals surface area contributed by atoms with Crippen LogP contribution in [0.2, 0.25) is 0 Å². The largest absolute Gasteiger partial charge is 0.481 e. The number of carbonyl (C=O) groups is 2. The first kappa shape index (κ1) is 78.7. The molecule has 0 radical (unpaired) electrons. The average Bonchev–Trinajstić information content (AvgIpc) is 1.40. The van der Waals surface area contributed by atoms with Crippen molar-refractivity contribution in [3.63, 3.8) is 0 Å². The van der Waals surface area contributed by atoms with Crippen LogP contribution in [-0.4, -0.2) is 177 Å². The molecule has 530 valence electrons. The lowest BCUT2D eigenvalue weighted by molar-refractivity contribution is -0.308. The molecule has 7 rings (SSSR count). The number of rotatable bonds is 7. The zero-order valence-electron chi connectivity index (χ0n) is 57.3. The molecule has 27 atom stereocenters. The van der Waals surface area contributed by atoms with E-state index in [1.165, 1.54) is 50.7 Å². The Kier molecular flexibility index (Phi) is 30.2. The number of allylic oxidation sites excluding steroid dienone is 17. The normalized spacial score (nSPS) is 45.0. The predicted molar refractivity (Wildman–Crippen MR) is 360 cm³/mol. The van der Waals surface area contributed by atoms with Crippen molar-refractivity contribution in [2.75, 3.05) is 0 Å². The quantitative estimate of drug-likeness (QED) is 0.0847. The number of carboxylic acid groups (broad SMARTS) is 1. The number of aliphatic hydroxyl groups is 11. The van der Waals surface area contributed by atoms with Crippen molar-refractivity contribution in [3.05, 3.63) is 121 Å². The fraction of sp³-hybridized carbons (Fsp3) is 0.707. The van der Waals surface area contributed by atoms with Gasteiger partial charge >= 0.3 is 11.9 Å². The van der Waals surface area contributed by atoms with Crippen LogP contribution in [0.15, 0.2) is 121 Å². The second-order valence-electron chi connectivity index (χ2n) is 29.4. The standard InChI is InChI=1S/C47H73NO17.C28H44O/c1-27-17-15-13-11-9-7-5-6-8-10-12-14-16-18-34(64-46-44(58)41(48)43(57)30(4)63-46)24-38-40(45(59)60)37(54)26-47(61,65-38)25-33(51)22-36(53)35(52)20-19-31(49)21-32(50)23-39(55)62-29(3)28(2)42(27)56;1-18(2)19(3)7-8-20(4)24-11-12-25-23-10-9-21-17-22(29)13-15-27(21,5)26(23)14-16-28(24,25)6/h5-18,27-38,40-44,46,49-54,56-58,61H,19-26,48H2,1-4H3,(H,59,60);7-10,18-20,22,24-26,29H,11-17H2,1-6H3/b6-5+,9-7+,10-8+,13-11+,14-12+,17-15+,18-16+;8-7+/t27-,28-,29-,30+,31+,32+,33-,34-,35+,36+,37-,38-,40+,41-,42+,43+,44-,46-,47+;19-,20+,22-,24+,25-,26-,27-,28+/m00/s1. The second-order valence-corrected chi connectivity index (χ2v) is 29.4. The molecule has 3 saturated carbocycles. The molecule has 0 aromatic carbocycles. The highest BCUT2D eigenvalue weighted by Crippen LogP contribution is 2.66. The first-order valence-electron chi connectivity index (χ1n) is 34.8. The van der Waals surface area contributed by atoms with E-state index in [1.807, 2.05) is 19.1 Å². The Labute approximate surface area is 558 Å². The molecule has 3 heterocycles. The summed E-state index contributed by atoms with van der Waals surface area (Å²) in [5.74, 6) is -2.45. The van der Waals surface area contributed by atoms with E-state index in [4.69, 9.17) is 24.7 Å². The molecule has 0 aromatic heterocycles. The lowest BCUT2D eigenvalue weighted by Gasteiger charge is -2.55. The highest BCUT2D eigenvalue weighted by atomic mass is 16.7. The fourth-order valence-electron chi connectivity index (χ4n) is 15.6. The van der Waals surface area contributed by atoms with Crippen LogP contribution >= 0.6 is 0 Å². The van der Waals surface area contributed by atoms with Gasteiger partial charge in [-0.2, -0.15) is 0 Å². The summed E-state index contributed by atoms with van der Waals surface area (Å²) in [7, 11) is 0. The summed E-state index contributed by atoms with van der Waals surface area (Å²) < 4.78 is 23.1. The summed E-state index contributed by atoms with van der Waals surface area (Å²) in [6.45, 7) is 21.4.